The third kappa shape index (κ3) is 3.27. The summed E-state index contributed by atoms with van der Waals surface area (Å²) in [5, 5.41) is 3.91. The fourth-order valence-electron chi connectivity index (χ4n) is 3.82. The van der Waals surface area contributed by atoms with Gasteiger partial charge in [-0.05, 0) is 19.9 Å². The second-order valence-electron chi connectivity index (χ2n) is 7.11. The maximum Gasteiger partial charge on any atom is 0.433 e. The van der Waals surface area contributed by atoms with E-state index >= 15 is 0 Å². The number of alkyl halides is 3. The molecule has 2 aliphatic rings. The molecule has 0 N–H and O–H groups in total. The molecule has 1 amide bonds. The van der Waals surface area contributed by atoms with Gasteiger partial charge in [-0.1, -0.05) is 0 Å². The number of aryl methyl sites for hydroxylation is 1. The molecule has 7 nitrogen and oxygen atoms in total. The number of fused-ring (bicyclic) bond motifs is 2. The molecule has 2 fully saturated rings. The molecule has 27 heavy (non-hydrogen) atoms. The zero-order valence-electron chi connectivity index (χ0n) is 15.0. The van der Waals surface area contributed by atoms with Crippen LogP contribution in [0.15, 0.2) is 12.1 Å². The monoisotopic (exact) mass is 383 g/mol. The summed E-state index contributed by atoms with van der Waals surface area (Å²) in [7, 11) is 0. The molecule has 10 heteroatoms. The molecule has 0 unspecified atom stereocenters. The number of morpholine rings is 1. The van der Waals surface area contributed by atoms with E-state index in [0.29, 0.717) is 37.4 Å². The summed E-state index contributed by atoms with van der Waals surface area (Å²) in [6, 6.07) is 2.62. The van der Waals surface area contributed by atoms with E-state index < -0.39 is 11.9 Å². The molecule has 2 saturated heterocycles. The molecule has 0 radical (unpaired) electrons. The highest BCUT2D eigenvalue weighted by Crippen LogP contribution is 2.30. The normalized spacial score (nSPS) is 24.3. The molecule has 2 atom stereocenters. The van der Waals surface area contributed by atoms with Crippen molar-refractivity contribution in [3.8, 4) is 0 Å². The van der Waals surface area contributed by atoms with Crippen LogP contribution in [0.3, 0.4) is 0 Å². The summed E-state index contributed by atoms with van der Waals surface area (Å²) in [5.41, 5.74) is -0.741. The maximum atomic E-state index is 13.3. The van der Waals surface area contributed by atoms with Crippen LogP contribution in [0.1, 0.15) is 28.8 Å². The smallest absolute Gasteiger partial charge is 0.378 e. The van der Waals surface area contributed by atoms with Crippen LogP contribution < -0.4 is 0 Å². The third-order valence-electron chi connectivity index (χ3n) is 5.12. The fraction of sp³-hybridized carbons (Fsp3) is 0.588. The number of ether oxygens (including phenoxy) is 1. The van der Waals surface area contributed by atoms with E-state index in [0.717, 1.165) is 6.07 Å². The first-order valence-electron chi connectivity index (χ1n) is 8.81. The van der Waals surface area contributed by atoms with Gasteiger partial charge in [-0.3, -0.25) is 9.69 Å². The summed E-state index contributed by atoms with van der Waals surface area (Å²) >= 11 is 0. The van der Waals surface area contributed by atoms with Crippen molar-refractivity contribution < 1.29 is 22.7 Å². The lowest BCUT2D eigenvalue weighted by Gasteiger charge is -2.46. The second-order valence-corrected chi connectivity index (χ2v) is 7.11. The minimum atomic E-state index is -4.58. The van der Waals surface area contributed by atoms with Crippen molar-refractivity contribution in [1.82, 2.24) is 24.4 Å². The molecule has 0 bridgehead atoms. The number of amides is 1. The fourth-order valence-corrected chi connectivity index (χ4v) is 3.82. The van der Waals surface area contributed by atoms with Crippen LogP contribution >= 0.6 is 0 Å². The Labute approximate surface area is 153 Å². The van der Waals surface area contributed by atoms with E-state index in [9.17, 15) is 18.0 Å². The Hall–Kier alpha value is -2.20. The Morgan fingerprint density at radius 2 is 2.04 bits per heavy atom. The van der Waals surface area contributed by atoms with Gasteiger partial charge in [-0.2, -0.15) is 18.3 Å². The Morgan fingerprint density at radius 3 is 2.78 bits per heavy atom. The number of nitrogens with zero attached hydrogens (tertiary/aromatic N) is 5. The van der Waals surface area contributed by atoms with E-state index in [1.54, 1.807) is 4.90 Å². The largest absolute Gasteiger partial charge is 0.433 e. The molecular weight excluding hydrogens is 363 g/mol. The van der Waals surface area contributed by atoms with Crippen molar-refractivity contribution in [2.75, 3.05) is 32.8 Å². The minimum Gasteiger partial charge on any atom is -0.378 e. The maximum absolute atomic E-state index is 13.3. The van der Waals surface area contributed by atoms with Crippen LogP contribution in [-0.2, 0) is 10.9 Å². The van der Waals surface area contributed by atoms with Crippen molar-refractivity contribution >= 4 is 11.6 Å². The second kappa shape index (κ2) is 6.45. The third-order valence-corrected chi connectivity index (χ3v) is 5.12. The van der Waals surface area contributed by atoms with Crippen LogP contribution in [0, 0.1) is 6.92 Å². The number of piperazine rings is 1. The molecule has 4 rings (SSSR count). The van der Waals surface area contributed by atoms with Gasteiger partial charge < -0.3 is 9.64 Å². The zero-order valence-corrected chi connectivity index (χ0v) is 15.0. The highest BCUT2D eigenvalue weighted by molar-refractivity contribution is 5.93. The number of hydrogen-bond acceptors (Lipinski definition) is 5. The van der Waals surface area contributed by atoms with Gasteiger partial charge in [0, 0.05) is 37.4 Å². The zero-order chi connectivity index (χ0) is 19.3. The van der Waals surface area contributed by atoms with Crippen molar-refractivity contribution in [2.45, 2.75) is 32.1 Å². The Kier molecular flexibility index (Phi) is 4.34. The van der Waals surface area contributed by atoms with Crippen LogP contribution in [0.25, 0.3) is 5.65 Å². The molecule has 146 valence electrons. The summed E-state index contributed by atoms with van der Waals surface area (Å²) in [6.45, 7) is 6.45. The molecule has 0 saturated carbocycles. The quantitative estimate of drug-likeness (QED) is 0.749. The molecule has 4 heterocycles. The van der Waals surface area contributed by atoms with Gasteiger partial charge >= 0.3 is 6.18 Å². The number of aromatic nitrogens is 3. The number of carbonyl (C=O) groups is 1. The minimum absolute atomic E-state index is 0.0129. The molecule has 0 aliphatic carbocycles. The Balaban J connectivity index is 1.62. The van der Waals surface area contributed by atoms with E-state index in [1.165, 1.54) is 13.0 Å². The molecular formula is C17H20F3N5O2. The van der Waals surface area contributed by atoms with Crippen molar-refractivity contribution in [3.05, 3.63) is 29.2 Å². The van der Waals surface area contributed by atoms with Crippen molar-refractivity contribution in [3.63, 3.8) is 0 Å². The molecule has 2 aromatic heterocycles. The Bertz CT molecular complexity index is 881. The van der Waals surface area contributed by atoms with Crippen LogP contribution in [0.5, 0.6) is 0 Å². The van der Waals surface area contributed by atoms with Gasteiger partial charge in [0.25, 0.3) is 5.91 Å². The first-order chi connectivity index (χ1) is 12.7. The van der Waals surface area contributed by atoms with E-state index in [4.69, 9.17) is 4.74 Å². The first-order valence-corrected chi connectivity index (χ1v) is 8.81. The van der Waals surface area contributed by atoms with Gasteiger partial charge in [-0.25, -0.2) is 9.50 Å². The lowest BCUT2D eigenvalue weighted by Crippen LogP contribution is -2.62. The summed E-state index contributed by atoms with van der Waals surface area (Å²) in [4.78, 5) is 20.9. The van der Waals surface area contributed by atoms with Gasteiger partial charge in [0.2, 0.25) is 0 Å². The SMILES string of the molecule is Cc1cc(C(F)(F)F)n2nc(C(=O)N3CCN4[C@@H](COC[C@@H]4C)C3)cc2n1. The van der Waals surface area contributed by atoms with E-state index in [-0.39, 0.29) is 35.0 Å². The van der Waals surface area contributed by atoms with Gasteiger partial charge in [0.05, 0.1) is 19.3 Å². The Morgan fingerprint density at radius 1 is 1.26 bits per heavy atom. The molecule has 2 aliphatic heterocycles. The van der Waals surface area contributed by atoms with Crippen LogP contribution in [0.2, 0.25) is 0 Å². The van der Waals surface area contributed by atoms with Crippen molar-refractivity contribution in [2.24, 2.45) is 0 Å². The van der Waals surface area contributed by atoms with Gasteiger partial charge in [0.1, 0.15) is 5.69 Å². The predicted octanol–water partition coefficient (Wildman–Crippen LogP) is 1.60. The summed E-state index contributed by atoms with van der Waals surface area (Å²) in [6.07, 6.45) is -4.58. The first kappa shape index (κ1) is 18.2. The van der Waals surface area contributed by atoms with Gasteiger partial charge in [-0.15, -0.1) is 0 Å². The van der Waals surface area contributed by atoms with Crippen LogP contribution in [0.4, 0.5) is 13.2 Å². The van der Waals surface area contributed by atoms with Gasteiger partial charge in [0.15, 0.2) is 11.3 Å². The number of hydrogen-bond donors (Lipinski definition) is 0. The topological polar surface area (TPSA) is 63.0 Å². The molecule has 2 aromatic rings. The highest BCUT2D eigenvalue weighted by atomic mass is 19.4. The average molecular weight is 383 g/mol. The standard InChI is InChI=1S/C17H20F3N5O2/c1-10-5-14(17(18,19)20)25-15(21-10)6-13(22-25)16(26)23-3-4-24-11(2)8-27-9-12(24)7-23/h5-6,11-12H,3-4,7-9H2,1-2H3/t11-,12+/m0/s1. The average Bonchev–Trinajstić information content (AvgIpc) is 3.03. The van der Waals surface area contributed by atoms with E-state index in [1.807, 2.05) is 0 Å². The van der Waals surface area contributed by atoms with Crippen LogP contribution in [-0.4, -0.2) is 75.2 Å². The molecule has 0 aromatic carbocycles. The molecule has 0 spiro atoms. The highest BCUT2D eigenvalue weighted by Gasteiger charge is 2.37. The lowest BCUT2D eigenvalue weighted by atomic mass is 10.1. The summed E-state index contributed by atoms with van der Waals surface area (Å²) in [5.74, 6) is -0.385. The predicted molar refractivity (Wildman–Crippen MR) is 89.4 cm³/mol. The summed E-state index contributed by atoms with van der Waals surface area (Å²) < 4.78 is 46.1. The number of halogens is 3. The van der Waals surface area contributed by atoms with Crippen molar-refractivity contribution in [1.29, 1.82) is 0 Å². The lowest BCUT2D eigenvalue weighted by molar-refractivity contribution is -0.142. The number of carbonyl (C=O) groups excluding carboxylic acids is 1. The number of rotatable bonds is 1. The van der Waals surface area contributed by atoms with E-state index in [2.05, 4.69) is 21.9 Å².